The number of hydrogen-bond donors (Lipinski definition) is 2. The van der Waals surface area contributed by atoms with Crippen LogP contribution >= 0.6 is 15.9 Å². The first-order valence-electron chi connectivity index (χ1n) is 10.2. The van der Waals surface area contributed by atoms with Gasteiger partial charge in [0.2, 0.25) is 0 Å². The van der Waals surface area contributed by atoms with Crippen molar-refractivity contribution >= 4 is 15.9 Å². The van der Waals surface area contributed by atoms with Gasteiger partial charge in [-0.05, 0) is 89.4 Å². The highest BCUT2D eigenvalue weighted by Gasteiger charge is 2.46. The van der Waals surface area contributed by atoms with E-state index in [2.05, 4.69) is 35.1 Å². The van der Waals surface area contributed by atoms with E-state index in [9.17, 15) is 5.11 Å². The Kier molecular flexibility index (Phi) is 5.05. The number of nitrogens with one attached hydrogen (secondary N) is 1. The van der Waals surface area contributed by atoms with Gasteiger partial charge in [0.1, 0.15) is 6.23 Å². The lowest BCUT2D eigenvalue weighted by molar-refractivity contribution is -0.153. The Hall–Kier alpha value is 0.360. The summed E-state index contributed by atoms with van der Waals surface area (Å²) < 4.78 is 6.35. The zero-order valence-electron chi connectivity index (χ0n) is 15.2. The smallest absolute Gasteiger partial charge is 0.108 e. The summed E-state index contributed by atoms with van der Waals surface area (Å²) in [7, 11) is 0. The molecule has 3 nitrogen and oxygen atoms in total. The molecule has 2 aliphatic carbocycles. The molecule has 2 saturated heterocycles. The van der Waals surface area contributed by atoms with Crippen molar-refractivity contribution < 1.29 is 9.84 Å². The molecule has 4 heteroatoms. The Morgan fingerprint density at radius 2 is 1.96 bits per heavy atom. The van der Waals surface area contributed by atoms with Gasteiger partial charge in [0.05, 0.1) is 11.7 Å². The number of alkyl halides is 1. The number of ether oxygens (including phenoxy) is 1. The van der Waals surface area contributed by atoms with Crippen LogP contribution in [0.2, 0.25) is 0 Å². The number of rotatable bonds is 2. The van der Waals surface area contributed by atoms with E-state index in [0.717, 1.165) is 11.8 Å². The van der Waals surface area contributed by atoms with Crippen LogP contribution in [0.15, 0.2) is 0 Å². The predicted molar refractivity (Wildman–Crippen MR) is 100 cm³/mol. The highest BCUT2D eigenvalue weighted by Crippen LogP contribution is 2.47. The molecular weight excluding hydrogens is 366 g/mol. The maximum absolute atomic E-state index is 10.6. The van der Waals surface area contributed by atoms with Crippen LogP contribution in [0.5, 0.6) is 0 Å². The fourth-order valence-corrected chi connectivity index (χ4v) is 6.80. The molecule has 8 atom stereocenters. The summed E-state index contributed by atoms with van der Waals surface area (Å²) in [6, 6.07) is 0.550. The monoisotopic (exact) mass is 399 g/mol. The number of fused-ring (bicyclic) bond motifs is 2. The molecule has 2 aliphatic heterocycles. The SMILES string of the molecule is CC1(C)CCC2CC(C[C@H]3C(O)NC4CCC(Br)C[C@H]43)CCC2O1. The molecule has 4 rings (SSSR count). The lowest BCUT2D eigenvalue weighted by atomic mass is 9.69. The van der Waals surface area contributed by atoms with Gasteiger partial charge in [0.25, 0.3) is 0 Å². The second-order valence-electron chi connectivity index (χ2n) is 9.59. The van der Waals surface area contributed by atoms with Crippen LogP contribution in [-0.4, -0.2) is 33.9 Å². The van der Waals surface area contributed by atoms with Crippen LogP contribution in [0.25, 0.3) is 0 Å². The van der Waals surface area contributed by atoms with Gasteiger partial charge >= 0.3 is 0 Å². The molecule has 2 N–H and O–H groups in total. The maximum atomic E-state index is 10.6. The summed E-state index contributed by atoms with van der Waals surface area (Å²) in [5, 5.41) is 14.1. The van der Waals surface area contributed by atoms with E-state index in [0.29, 0.717) is 28.8 Å². The Balaban J connectivity index is 1.36. The molecule has 0 amide bonds. The summed E-state index contributed by atoms with van der Waals surface area (Å²) in [5.41, 5.74) is 0.0831. The van der Waals surface area contributed by atoms with Gasteiger partial charge in [-0.1, -0.05) is 15.9 Å². The molecule has 0 bridgehead atoms. The van der Waals surface area contributed by atoms with E-state index >= 15 is 0 Å². The van der Waals surface area contributed by atoms with Crippen molar-refractivity contribution in [3.05, 3.63) is 0 Å². The van der Waals surface area contributed by atoms with Crippen molar-refractivity contribution in [2.24, 2.45) is 23.7 Å². The molecule has 0 radical (unpaired) electrons. The number of aliphatic hydroxyl groups excluding tert-OH is 1. The van der Waals surface area contributed by atoms with Gasteiger partial charge in [-0.25, -0.2) is 0 Å². The third-order valence-electron chi connectivity index (χ3n) is 7.39. The highest BCUT2D eigenvalue weighted by molar-refractivity contribution is 9.09. The van der Waals surface area contributed by atoms with Crippen molar-refractivity contribution in [1.29, 1.82) is 0 Å². The first-order chi connectivity index (χ1) is 11.4. The Bertz CT molecular complexity index is 457. The summed E-state index contributed by atoms with van der Waals surface area (Å²) in [5.74, 6) is 2.66. The average molecular weight is 400 g/mol. The van der Waals surface area contributed by atoms with Gasteiger partial charge in [0, 0.05) is 16.8 Å². The molecule has 0 aromatic rings. The Morgan fingerprint density at radius 1 is 1.12 bits per heavy atom. The number of hydrogen-bond acceptors (Lipinski definition) is 3. The first-order valence-corrected chi connectivity index (χ1v) is 11.1. The second kappa shape index (κ2) is 6.83. The standard InChI is InChI=1S/C20H34BrNO2/c1-20(2)8-7-13-9-12(3-6-18(13)24-20)10-16-15-11-14(21)4-5-17(15)22-19(16)23/h12-19,22-23H,3-11H2,1-2H3/t12?,13?,14?,15-,16+,17?,18?,19?/m0/s1. The van der Waals surface area contributed by atoms with E-state index in [1.807, 2.05) is 0 Å². The third kappa shape index (κ3) is 3.58. The molecule has 0 aromatic carbocycles. The Labute approximate surface area is 155 Å². The second-order valence-corrected chi connectivity index (χ2v) is 10.9. The predicted octanol–water partition coefficient (Wildman–Crippen LogP) is 4.22. The molecule has 2 saturated carbocycles. The van der Waals surface area contributed by atoms with Gasteiger partial charge in [-0.15, -0.1) is 0 Å². The zero-order valence-corrected chi connectivity index (χ0v) is 16.8. The third-order valence-corrected chi connectivity index (χ3v) is 8.22. The van der Waals surface area contributed by atoms with Crippen molar-refractivity contribution in [2.75, 3.05) is 0 Å². The molecule has 4 aliphatic rings. The number of halogens is 1. The van der Waals surface area contributed by atoms with E-state index in [4.69, 9.17) is 4.74 Å². The lowest BCUT2D eigenvalue weighted by Crippen LogP contribution is -2.44. The lowest BCUT2D eigenvalue weighted by Gasteiger charge is -2.46. The fraction of sp³-hybridized carbons (Fsp3) is 1.00. The first kappa shape index (κ1) is 17.8. The van der Waals surface area contributed by atoms with E-state index in [1.54, 1.807) is 0 Å². The summed E-state index contributed by atoms with van der Waals surface area (Å²) in [6.07, 6.45) is 11.5. The van der Waals surface area contributed by atoms with Crippen LogP contribution in [0.3, 0.4) is 0 Å². The van der Waals surface area contributed by atoms with Crippen LogP contribution in [0.4, 0.5) is 0 Å². The zero-order chi connectivity index (χ0) is 16.9. The van der Waals surface area contributed by atoms with Crippen molar-refractivity contribution in [3.63, 3.8) is 0 Å². The fourth-order valence-electron chi connectivity index (χ4n) is 6.11. The summed E-state index contributed by atoms with van der Waals surface area (Å²) >= 11 is 3.83. The molecule has 2 heterocycles. The minimum absolute atomic E-state index is 0.0831. The maximum Gasteiger partial charge on any atom is 0.108 e. The summed E-state index contributed by atoms with van der Waals surface area (Å²) in [4.78, 5) is 0.651. The van der Waals surface area contributed by atoms with Gasteiger partial charge in [0.15, 0.2) is 0 Å². The van der Waals surface area contributed by atoms with E-state index in [1.165, 1.54) is 57.8 Å². The van der Waals surface area contributed by atoms with Crippen LogP contribution in [0, 0.1) is 23.7 Å². The topological polar surface area (TPSA) is 41.5 Å². The quantitative estimate of drug-likeness (QED) is 0.682. The van der Waals surface area contributed by atoms with Crippen molar-refractivity contribution in [1.82, 2.24) is 5.32 Å². The van der Waals surface area contributed by atoms with E-state index < -0.39 is 0 Å². The van der Waals surface area contributed by atoms with Crippen LogP contribution < -0.4 is 5.32 Å². The largest absolute Gasteiger partial charge is 0.378 e. The normalized spacial score (nSPS) is 51.0. The molecular formula is C20H34BrNO2. The molecule has 4 fully saturated rings. The average Bonchev–Trinajstić information content (AvgIpc) is 2.82. The molecule has 0 aromatic heterocycles. The van der Waals surface area contributed by atoms with Crippen LogP contribution in [-0.2, 0) is 4.74 Å². The van der Waals surface area contributed by atoms with Gasteiger partial charge < -0.3 is 9.84 Å². The van der Waals surface area contributed by atoms with Crippen molar-refractivity contribution in [2.45, 2.75) is 100 Å². The number of aliphatic hydroxyl groups is 1. The van der Waals surface area contributed by atoms with Gasteiger partial charge in [-0.2, -0.15) is 0 Å². The molecule has 24 heavy (non-hydrogen) atoms. The minimum Gasteiger partial charge on any atom is -0.378 e. The Morgan fingerprint density at radius 3 is 2.79 bits per heavy atom. The molecule has 0 spiro atoms. The van der Waals surface area contributed by atoms with Gasteiger partial charge in [-0.3, -0.25) is 5.32 Å². The van der Waals surface area contributed by atoms with E-state index in [-0.39, 0.29) is 11.8 Å². The summed E-state index contributed by atoms with van der Waals surface area (Å²) in [6.45, 7) is 4.49. The highest BCUT2D eigenvalue weighted by atomic mass is 79.9. The van der Waals surface area contributed by atoms with Crippen molar-refractivity contribution in [3.8, 4) is 0 Å². The minimum atomic E-state index is -0.280. The van der Waals surface area contributed by atoms with Crippen LogP contribution in [0.1, 0.15) is 71.6 Å². The molecule has 138 valence electrons. The molecule has 6 unspecified atom stereocenters.